The van der Waals surface area contributed by atoms with E-state index in [1.807, 2.05) is 24.3 Å². The largest absolute Gasteiger partial charge is 0.366 e. The first-order valence-electron chi connectivity index (χ1n) is 6.90. The van der Waals surface area contributed by atoms with Crippen LogP contribution in [0, 0.1) is 0 Å². The Bertz CT molecular complexity index is 622. The van der Waals surface area contributed by atoms with Crippen molar-refractivity contribution in [1.29, 1.82) is 0 Å². The van der Waals surface area contributed by atoms with E-state index in [1.165, 1.54) is 16.7 Å². The van der Waals surface area contributed by atoms with Crippen LogP contribution < -0.4 is 5.73 Å². The summed E-state index contributed by atoms with van der Waals surface area (Å²) in [6.07, 6.45) is 1.05. The molecule has 1 amide bonds. The van der Waals surface area contributed by atoms with Crippen LogP contribution in [0.2, 0.25) is 0 Å². The van der Waals surface area contributed by atoms with Crippen molar-refractivity contribution in [2.24, 2.45) is 5.73 Å². The molecule has 3 rings (SSSR count). The van der Waals surface area contributed by atoms with E-state index in [9.17, 15) is 4.79 Å². The Morgan fingerprint density at radius 3 is 2.55 bits per heavy atom. The minimum Gasteiger partial charge on any atom is -0.366 e. The highest BCUT2D eigenvalue weighted by molar-refractivity contribution is 5.93. The summed E-state index contributed by atoms with van der Waals surface area (Å²) in [4.78, 5) is 13.6. The fourth-order valence-corrected chi connectivity index (χ4v) is 2.71. The maximum Gasteiger partial charge on any atom is 0.248 e. The Morgan fingerprint density at radius 2 is 1.80 bits per heavy atom. The minimum atomic E-state index is -0.351. The molecule has 3 nitrogen and oxygen atoms in total. The fraction of sp³-hybridized carbons (Fsp3) is 0.235. The Hall–Kier alpha value is -2.13. The van der Waals surface area contributed by atoms with Crippen molar-refractivity contribution in [2.45, 2.75) is 19.5 Å². The SMILES string of the molecule is NC(=O)c1ccc2c(c1)CN(CCc1ccccc1)C2. The highest BCUT2D eigenvalue weighted by atomic mass is 16.1. The lowest BCUT2D eigenvalue weighted by Gasteiger charge is -2.14. The lowest BCUT2D eigenvalue weighted by atomic mass is 10.1. The predicted molar refractivity (Wildman–Crippen MR) is 79.2 cm³/mol. The minimum absolute atomic E-state index is 0.351. The van der Waals surface area contributed by atoms with E-state index in [0.29, 0.717) is 5.56 Å². The number of nitrogens with zero attached hydrogens (tertiary/aromatic N) is 1. The zero-order valence-electron chi connectivity index (χ0n) is 11.4. The topological polar surface area (TPSA) is 46.3 Å². The second-order valence-corrected chi connectivity index (χ2v) is 5.29. The molecule has 0 saturated heterocycles. The van der Waals surface area contributed by atoms with Gasteiger partial charge in [-0.1, -0.05) is 36.4 Å². The number of nitrogens with two attached hydrogens (primary N) is 1. The molecule has 0 saturated carbocycles. The summed E-state index contributed by atoms with van der Waals surface area (Å²) >= 11 is 0. The summed E-state index contributed by atoms with van der Waals surface area (Å²) in [5.41, 5.74) is 9.83. The van der Waals surface area contributed by atoms with Crippen molar-refractivity contribution in [1.82, 2.24) is 4.90 Å². The van der Waals surface area contributed by atoms with E-state index in [1.54, 1.807) is 0 Å². The number of hydrogen-bond donors (Lipinski definition) is 1. The number of primary amides is 1. The fourth-order valence-electron chi connectivity index (χ4n) is 2.71. The van der Waals surface area contributed by atoms with Crippen LogP contribution in [0.25, 0.3) is 0 Å². The standard InChI is InChI=1S/C17H18N2O/c18-17(20)14-6-7-15-11-19(12-16(15)10-14)9-8-13-4-2-1-3-5-13/h1-7,10H,8-9,11-12H2,(H2,18,20). The van der Waals surface area contributed by atoms with Crippen LogP contribution in [0.4, 0.5) is 0 Å². The Kier molecular flexibility index (Phi) is 3.52. The number of hydrogen-bond acceptors (Lipinski definition) is 2. The Balaban J connectivity index is 1.64. The van der Waals surface area contributed by atoms with Crippen LogP contribution in [0.15, 0.2) is 48.5 Å². The van der Waals surface area contributed by atoms with Crippen molar-refractivity contribution in [3.8, 4) is 0 Å². The molecule has 102 valence electrons. The third-order valence-corrected chi connectivity index (χ3v) is 3.84. The van der Waals surface area contributed by atoms with Crippen LogP contribution in [0.5, 0.6) is 0 Å². The van der Waals surface area contributed by atoms with Gasteiger partial charge in [-0.3, -0.25) is 9.69 Å². The number of carbonyl (C=O) groups excluding carboxylic acids is 1. The van der Waals surface area contributed by atoms with Crippen molar-refractivity contribution in [3.63, 3.8) is 0 Å². The monoisotopic (exact) mass is 266 g/mol. The number of carbonyl (C=O) groups is 1. The molecule has 1 aliphatic rings. The molecule has 0 spiro atoms. The van der Waals surface area contributed by atoms with Gasteiger partial charge in [0.25, 0.3) is 0 Å². The molecule has 3 heteroatoms. The number of amides is 1. The van der Waals surface area contributed by atoms with E-state index >= 15 is 0 Å². The van der Waals surface area contributed by atoms with Crippen molar-refractivity contribution < 1.29 is 4.79 Å². The highest BCUT2D eigenvalue weighted by Gasteiger charge is 2.19. The molecule has 2 N–H and O–H groups in total. The zero-order valence-corrected chi connectivity index (χ0v) is 11.4. The molecule has 1 heterocycles. The van der Waals surface area contributed by atoms with E-state index in [2.05, 4.69) is 29.2 Å². The molecule has 0 bridgehead atoms. The van der Waals surface area contributed by atoms with Gasteiger partial charge in [-0.2, -0.15) is 0 Å². The Morgan fingerprint density at radius 1 is 1.05 bits per heavy atom. The molecule has 1 aliphatic heterocycles. The van der Waals surface area contributed by atoms with Crippen LogP contribution in [0.1, 0.15) is 27.0 Å². The molecular formula is C17H18N2O. The lowest BCUT2D eigenvalue weighted by Crippen LogP contribution is -2.19. The van der Waals surface area contributed by atoms with Gasteiger partial charge in [0.1, 0.15) is 0 Å². The molecule has 20 heavy (non-hydrogen) atoms. The number of fused-ring (bicyclic) bond motifs is 1. The molecule has 0 radical (unpaired) electrons. The second kappa shape index (κ2) is 5.47. The van der Waals surface area contributed by atoms with E-state index in [0.717, 1.165) is 26.1 Å². The molecule has 0 unspecified atom stereocenters. The van der Waals surface area contributed by atoms with Crippen molar-refractivity contribution >= 4 is 5.91 Å². The zero-order chi connectivity index (χ0) is 13.9. The predicted octanol–water partition coefficient (Wildman–Crippen LogP) is 2.34. The van der Waals surface area contributed by atoms with Gasteiger partial charge >= 0.3 is 0 Å². The first-order chi connectivity index (χ1) is 9.72. The van der Waals surface area contributed by atoms with Gasteiger partial charge in [-0.05, 0) is 35.2 Å². The van der Waals surface area contributed by atoms with Gasteiger partial charge in [0.15, 0.2) is 0 Å². The van der Waals surface area contributed by atoms with E-state index in [4.69, 9.17) is 5.73 Å². The summed E-state index contributed by atoms with van der Waals surface area (Å²) in [6.45, 7) is 2.90. The Labute approximate surface area is 119 Å². The molecule has 0 aromatic heterocycles. The summed E-state index contributed by atoms with van der Waals surface area (Å²) in [5, 5.41) is 0. The lowest BCUT2D eigenvalue weighted by molar-refractivity contribution is 0.1000. The van der Waals surface area contributed by atoms with Gasteiger partial charge in [-0.25, -0.2) is 0 Å². The van der Waals surface area contributed by atoms with E-state index in [-0.39, 0.29) is 5.91 Å². The molecule has 2 aromatic carbocycles. The quantitative estimate of drug-likeness (QED) is 0.923. The molecule has 0 atom stereocenters. The van der Waals surface area contributed by atoms with Crippen LogP contribution in [0.3, 0.4) is 0 Å². The summed E-state index contributed by atoms with van der Waals surface area (Å²) in [7, 11) is 0. The third kappa shape index (κ3) is 2.73. The third-order valence-electron chi connectivity index (χ3n) is 3.84. The van der Waals surface area contributed by atoms with Gasteiger partial charge < -0.3 is 5.73 Å². The number of rotatable bonds is 4. The normalized spacial score (nSPS) is 14.2. The van der Waals surface area contributed by atoms with Gasteiger partial charge in [0, 0.05) is 25.2 Å². The highest BCUT2D eigenvalue weighted by Crippen LogP contribution is 2.23. The van der Waals surface area contributed by atoms with Gasteiger partial charge in [-0.15, -0.1) is 0 Å². The molecule has 0 fully saturated rings. The van der Waals surface area contributed by atoms with Crippen molar-refractivity contribution in [2.75, 3.05) is 6.54 Å². The summed E-state index contributed by atoms with van der Waals surface area (Å²) in [5.74, 6) is -0.351. The molecular weight excluding hydrogens is 248 g/mol. The average Bonchev–Trinajstić information content (AvgIpc) is 2.88. The summed E-state index contributed by atoms with van der Waals surface area (Å²) < 4.78 is 0. The van der Waals surface area contributed by atoms with E-state index < -0.39 is 0 Å². The first kappa shape index (κ1) is 12.9. The van der Waals surface area contributed by atoms with Gasteiger partial charge in [0.2, 0.25) is 5.91 Å². The molecule has 2 aromatic rings. The maximum absolute atomic E-state index is 11.2. The number of benzene rings is 2. The first-order valence-corrected chi connectivity index (χ1v) is 6.90. The molecule has 0 aliphatic carbocycles. The maximum atomic E-state index is 11.2. The van der Waals surface area contributed by atoms with Crippen LogP contribution in [-0.4, -0.2) is 17.4 Å². The summed E-state index contributed by atoms with van der Waals surface area (Å²) in [6, 6.07) is 16.3. The smallest absolute Gasteiger partial charge is 0.248 e. The van der Waals surface area contributed by atoms with Crippen LogP contribution in [-0.2, 0) is 19.5 Å². The average molecular weight is 266 g/mol. The van der Waals surface area contributed by atoms with Gasteiger partial charge in [0.05, 0.1) is 0 Å². The van der Waals surface area contributed by atoms with Crippen molar-refractivity contribution in [3.05, 3.63) is 70.8 Å². The second-order valence-electron chi connectivity index (χ2n) is 5.29. The van der Waals surface area contributed by atoms with Crippen LogP contribution >= 0.6 is 0 Å².